The van der Waals surface area contributed by atoms with Gasteiger partial charge in [-0.2, -0.15) is 13.2 Å². The molecule has 7 nitrogen and oxygen atoms in total. The summed E-state index contributed by atoms with van der Waals surface area (Å²) in [7, 11) is 0. The lowest BCUT2D eigenvalue weighted by atomic mass is 10.1. The summed E-state index contributed by atoms with van der Waals surface area (Å²) in [6.45, 7) is 1.26. The molecule has 34 heavy (non-hydrogen) atoms. The highest BCUT2D eigenvalue weighted by Gasteiger charge is 2.33. The summed E-state index contributed by atoms with van der Waals surface area (Å²) >= 11 is 0. The molecule has 3 aromatic rings. The molecule has 0 aliphatic carbocycles. The van der Waals surface area contributed by atoms with Crippen molar-refractivity contribution in [3.63, 3.8) is 0 Å². The summed E-state index contributed by atoms with van der Waals surface area (Å²) < 4.78 is 46.9. The van der Waals surface area contributed by atoms with Gasteiger partial charge in [0.25, 0.3) is 5.91 Å². The summed E-state index contributed by atoms with van der Waals surface area (Å²) in [4.78, 5) is 21.3. The number of pyridine rings is 2. The minimum Gasteiger partial charge on any atom is -0.492 e. The van der Waals surface area contributed by atoms with E-state index < -0.39 is 17.6 Å². The fraction of sp³-hybridized carbons (Fsp3) is 0.292. The van der Waals surface area contributed by atoms with E-state index in [1.807, 2.05) is 0 Å². The van der Waals surface area contributed by atoms with Gasteiger partial charge in [0.15, 0.2) is 0 Å². The zero-order chi connectivity index (χ0) is 24.0. The Bertz CT molecular complexity index is 1090. The summed E-state index contributed by atoms with van der Waals surface area (Å²) in [6, 6.07) is 10.0. The zero-order valence-corrected chi connectivity index (χ0v) is 18.3. The number of anilines is 1. The van der Waals surface area contributed by atoms with Gasteiger partial charge in [0.2, 0.25) is 0 Å². The highest BCUT2D eigenvalue weighted by Crippen LogP contribution is 2.35. The number of benzene rings is 1. The van der Waals surface area contributed by atoms with Gasteiger partial charge in [-0.05, 0) is 55.3 Å². The Hall–Kier alpha value is -3.50. The first-order valence-corrected chi connectivity index (χ1v) is 10.9. The Morgan fingerprint density at radius 2 is 1.94 bits per heavy atom. The average molecular weight is 471 g/mol. The minimum absolute atomic E-state index is 0.00181. The van der Waals surface area contributed by atoms with Crippen LogP contribution in [0.1, 0.15) is 34.3 Å². The Balaban J connectivity index is 1.67. The average Bonchev–Trinajstić information content (AvgIpc) is 3.37. The number of halogens is 3. The van der Waals surface area contributed by atoms with E-state index in [9.17, 15) is 18.0 Å². The molecule has 4 rings (SSSR count). The monoisotopic (exact) mass is 471 g/mol. The van der Waals surface area contributed by atoms with Crippen LogP contribution in [0.25, 0.3) is 0 Å². The molecule has 2 N–H and O–H groups in total. The third kappa shape index (κ3) is 6.09. The van der Waals surface area contributed by atoms with Crippen LogP contribution in [0.5, 0.6) is 5.75 Å². The molecular weight excluding hydrogens is 447 g/mol. The van der Waals surface area contributed by atoms with Crippen molar-refractivity contribution < 1.29 is 22.7 Å². The Morgan fingerprint density at radius 3 is 2.59 bits per heavy atom. The number of nitrogens with zero attached hydrogens (tertiary/aromatic N) is 3. The van der Waals surface area contributed by atoms with Crippen LogP contribution in [0.3, 0.4) is 0 Å². The van der Waals surface area contributed by atoms with Gasteiger partial charge in [0, 0.05) is 43.4 Å². The number of hydrazine groups is 1. The van der Waals surface area contributed by atoms with E-state index in [4.69, 9.17) is 4.74 Å². The first kappa shape index (κ1) is 23.7. The van der Waals surface area contributed by atoms with Crippen LogP contribution >= 0.6 is 0 Å². The second kappa shape index (κ2) is 10.6. The maximum atomic E-state index is 13.7. The van der Waals surface area contributed by atoms with Crippen LogP contribution in [0.2, 0.25) is 0 Å². The fourth-order valence-electron chi connectivity index (χ4n) is 3.63. The van der Waals surface area contributed by atoms with E-state index in [0.29, 0.717) is 0 Å². The lowest BCUT2D eigenvalue weighted by molar-refractivity contribution is -0.137. The lowest BCUT2D eigenvalue weighted by Crippen LogP contribution is -2.43. The molecule has 0 unspecified atom stereocenters. The number of rotatable bonds is 8. The highest BCUT2D eigenvalue weighted by atomic mass is 19.4. The molecular formula is C24H24F3N5O2. The predicted molar refractivity (Wildman–Crippen MR) is 120 cm³/mol. The summed E-state index contributed by atoms with van der Waals surface area (Å²) in [5.74, 6) is -0.523. The van der Waals surface area contributed by atoms with E-state index in [0.717, 1.165) is 42.1 Å². The normalized spacial score (nSPS) is 15.8. The van der Waals surface area contributed by atoms with Crippen molar-refractivity contribution >= 4 is 11.6 Å². The van der Waals surface area contributed by atoms with Gasteiger partial charge < -0.3 is 10.1 Å². The minimum atomic E-state index is -4.62. The highest BCUT2D eigenvalue weighted by molar-refractivity contribution is 6.05. The summed E-state index contributed by atoms with van der Waals surface area (Å²) in [6.07, 6.45) is 3.35. The Kier molecular flexibility index (Phi) is 7.39. The second-order valence-electron chi connectivity index (χ2n) is 7.90. The van der Waals surface area contributed by atoms with Gasteiger partial charge in [-0.25, -0.2) is 10.4 Å². The molecule has 1 atom stereocenters. The Morgan fingerprint density at radius 1 is 1.15 bits per heavy atom. The summed E-state index contributed by atoms with van der Waals surface area (Å²) in [5.41, 5.74) is 3.00. The number of amides is 1. The molecule has 3 heterocycles. The molecule has 1 amide bonds. The zero-order valence-electron chi connectivity index (χ0n) is 18.3. The van der Waals surface area contributed by atoms with Crippen LogP contribution in [-0.2, 0) is 12.7 Å². The smallest absolute Gasteiger partial charge is 0.416 e. The molecule has 1 saturated heterocycles. The van der Waals surface area contributed by atoms with Crippen molar-refractivity contribution in [3.05, 3.63) is 83.9 Å². The van der Waals surface area contributed by atoms with Gasteiger partial charge in [-0.1, -0.05) is 6.07 Å². The number of aromatic nitrogens is 2. The number of carbonyl (C=O) groups excluding carboxylic acids is 1. The molecule has 0 saturated carbocycles. The molecule has 1 aliphatic rings. The van der Waals surface area contributed by atoms with Crippen LogP contribution in [0.4, 0.5) is 18.9 Å². The van der Waals surface area contributed by atoms with E-state index >= 15 is 0 Å². The number of hydrogen-bond acceptors (Lipinski definition) is 6. The topological polar surface area (TPSA) is 79.4 Å². The Labute approximate surface area is 194 Å². The number of carbonyl (C=O) groups is 1. The SMILES string of the molecule is O=C(c1cccnc1)N(NCc1cccnc1)c1cc(OC[C@@H]2CCCN2)cc(C(F)(F)F)c1. The first-order chi connectivity index (χ1) is 16.4. The fourth-order valence-corrected chi connectivity index (χ4v) is 3.63. The molecule has 0 radical (unpaired) electrons. The number of alkyl halides is 3. The van der Waals surface area contributed by atoms with Crippen molar-refractivity contribution in [1.29, 1.82) is 0 Å². The van der Waals surface area contributed by atoms with E-state index in [-0.39, 0.29) is 36.2 Å². The van der Waals surface area contributed by atoms with Crippen molar-refractivity contribution in [2.24, 2.45) is 0 Å². The van der Waals surface area contributed by atoms with Crippen molar-refractivity contribution in [2.75, 3.05) is 18.2 Å². The molecule has 1 fully saturated rings. The third-order valence-corrected chi connectivity index (χ3v) is 5.37. The molecule has 2 aromatic heterocycles. The van der Waals surface area contributed by atoms with Gasteiger partial charge in [0.05, 0.1) is 16.8 Å². The van der Waals surface area contributed by atoms with Gasteiger partial charge in [-0.3, -0.25) is 14.8 Å². The molecule has 10 heteroatoms. The largest absolute Gasteiger partial charge is 0.492 e. The molecule has 0 bridgehead atoms. The summed E-state index contributed by atoms with van der Waals surface area (Å²) in [5, 5.41) is 4.33. The van der Waals surface area contributed by atoms with Gasteiger partial charge in [-0.15, -0.1) is 0 Å². The van der Waals surface area contributed by atoms with Gasteiger partial charge >= 0.3 is 6.18 Å². The molecule has 1 aromatic carbocycles. The van der Waals surface area contributed by atoms with Crippen LogP contribution in [-0.4, -0.2) is 35.1 Å². The standard InChI is InChI=1S/C24H24F3N5O2/c25-24(26,27)19-10-21(12-22(11-19)34-16-20-6-3-9-30-20)32(23(33)18-5-2-8-29-15-18)31-14-17-4-1-7-28-13-17/h1-2,4-5,7-8,10-13,15,20,30-31H,3,6,9,14,16H2/t20-/m0/s1. The van der Waals surface area contributed by atoms with Crippen LogP contribution in [0, 0.1) is 0 Å². The quantitative estimate of drug-likeness (QED) is 0.484. The number of nitrogens with one attached hydrogen (secondary N) is 2. The molecule has 178 valence electrons. The first-order valence-electron chi connectivity index (χ1n) is 10.9. The molecule has 1 aliphatic heterocycles. The van der Waals surface area contributed by atoms with E-state index in [1.165, 1.54) is 18.5 Å². The van der Waals surface area contributed by atoms with Crippen molar-refractivity contribution in [3.8, 4) is 5.75 Å². The third-order valence-electron chi connectivity index (χ3n) is 5.37. The lowest BCUT2D eigenvalue weighted by Gasteiger charge is -2.25. The van der Waals surface area contributed by atoms with Crippen LogP contribution in [0.15, 0.2) is 67.3 Å². The van der Waals surface area contributed by atoms with Crippen LogP contribution < -0.4 is 20.5 Å². The molecule has 0 spiro atoms. The van der Waals surface area contributed by atoms with E-state index in [1.54, 1.807) is 36.7 Å². The van der Waals surface area contributed by atoms with Crippen molar-refractivity contribution in [1.82, 2.24) is 20.7 Å². The predicted octanol–water partition coefficient (Wildman–Crippen LogP) is 3.98. The number of ether oxygens (including phenoxy) is 1. The van der Waals surface area contributed by atoms with Gasteiger partial charge in [0.1, 0.15) is 12.4 Å². The maximum Gasteiger partial charge on any atom is 0.416 e. The second-order valence-corrected chi connectivity index (χ2v) is 7.90. The van der Waals surface area contributed by atoms with Crippen molar-refractivity contribution in [2.45, 2.75) is 31.6 Å². The van der Waals surface area contributed by atoms with E-state index in [2.05, 4.69) is 20.7 Å². The number of hydrogen-bond donors (Lipinski definition) is 2. The maximum absolute atomic E-state index is 13.7.